The molecule has 1 amide bonds. The maximum Gasteiger partial charge on any atom is 1.00 e. The van der Waals surface area contributed by atoms with Crippen molar-refractivity contribution < 1.29 is 105 Å². The molecule has 2 aliphatic rings. The number of aliphatic carboxylic acids is 1. The minimum Gasteiger partial charge on any atom is -0.870 e. The van der Waals surface area contributed by atoms with Crippen LogP contribution in [0.4, 0.5) is 0 Å². The molecule has 2 unspecified atom stereocenters. The molecule has 5 aromatic carbocycles. The Morgan fingerprint density at radius 1 is 0.605 bits per heavy atom. The summed E-state index contributed by atoms with van der Waals surface area (Å²) >= 11 is 15.6. The Labute approximate surface area is 695 Å². The molecule has 31 heteroatoms. The van der Waals surface area contributed by atoms with E-state index in [0.717, 1.165) is 55.3 Å². The summed E-state index contributed by atoms with van der Waals surface area (Å²) in [5, 5.41) is 42.7. The van der Waals surface area contributed by atoms with Crippen LogP contribution in [0.25, 0.3) is 44.0 Å². The molecular weight excluding hydrogens is 1580 g/mol. The number of fused-ring (bicyclic) bond motifs is 2. The second-order valence-electron chi connectivity index (χ2n) is 22.6. The first-order valence-electron chi connectivity index (χ1n) is 32.5. The van der Waals surface area contributed by atoms with E-state index in [2.05, 4.69) is 121 Å². The van der Waals surface area contributed by atoms with E-state index >= 15 is 0 Å². The third-order valence-corrected chi connectivity index (χ3v) is 20.4. The van der Waals surface area contributed by atoms with Gasteiger partial charge in [0, 0.05) is 57.0 Å². The zero-order chi connectivity index (χ0) is 78.6. The number of methoxy groups -OCH3 is 2. The molecule has 0 bridgehead atoms. The number of nitriles is 3. The van der Waals surface area contributed by atoms with Gasteiger partial charge in [0.25, 0.3) is 5.91 Å². The first-order valence-corrected chi connectivity index (χ1v) is 36.2. The molecule has 6 aromatic heterocycles. The molecule has 0 radical (unpaired) electrons. The van der Waals surface area contributed by atoms with Gasteiger partial charge in [-0.25, -0.2) is 21.0 Å². The molecule has 0 fully saturated rings. The van der Waals surface area contributed by atoms with Gasteiger partial charge >= 0.3 is 43.3 Å². The molecule has 0 saturated carbocycles. The summed E-state index contributed by atoms with van der Waals surface area (Å²) in [6.45, 7) is 9.82. The van der Waals surface area contributed by atoms with Crippen LogP contribution in [0.1, 0.15) is 78.8 Å². The maximum absolute atomic E-state index is 12.4. The van der Waals surface area contributed by atoms with E-state index < -0.39 is 31.7 Å². The number of thiophene rings is 2. The summed E-state index contributed by atoms with van der Waals surface area (Å²) in [6.07, 6.45) is 17.3. The number of halogens is 3. The number of amides is 1. The van der Waals surface area contributed by atoms with Crippen molar-refractivity contribution in [2.45, 2.75) is 46.3 Å². The van der Waals surface area contributed by atoms with Gasteiger partial charge in [-0.3, -0.25) is 19.2 Å². The number of nitrogens with one attached hydrogen (secondary N) is 1. The van der Waals surface area contributed by atoms with Crippen molar-refractivity contribution in [3.05, 3.63) is 295 Å². The molecule has 584 valence electrons. The Morgan fingerprint density at radius 2 is 0.991 bits per heavy atom. The molecule has 2 atom stereocenters. The average molecular weight is 1650 g/mol. The van der Waals surface area contributed by atoms with E-state index in [1.807, 2.05) is 48.5 Å². The van der Waals surface area contributed by atoms with Gasteiger partial charge < -0.3 is 68.6 Å². The predicted molar refractivity (Wildman–Crippen MR) is 437 cm³/mol. The fraction of sp³-hybridized carbons (Fsp3) is 0.145. The molecule has 114 heavy (non-hydrogen) atoms. The third kappa shape index (κ3) is 30.3. The average Bonchev–Trinajstić information content (AvgIpc) is 1.68. The normalized spacial score (nSPS) is 12.1. The molecule has 24 nitrogen and oxygen atoms in total. The molecular formula is C83H75Cl3LiN6O18PS2. The molecule has 2 aliphatic heterocycles. The number of carbonyl (C=O) groups excluding carboxylic acids is 6. The van der Waals surface area contributed by atoms with Crippen LogP contribution in [0.5, 0.6) is 11.5 Å². The van der Waals surface area contributed by atoms with E-state index in [1.54, 1.807) is 50.3 Å². The standard InChI is InChI=1S/C23H17ClN2O4S.C18H15P.C15H14ClNO2S.C9H7NO3.C8H5NO3.C5H4O2.C4H5NO2.CH4.ClH.Li.2H2O/c1-13(27)20-2-3-21(31-20)15-7-16-8-18(30-22(16)19(24)9-15)11-26-23(28)17(10-25)6-14-4-5-29-12-14;1-4-10-16(11-5-1)19(17-12-6-2-7-13-17)18-14-8-3-9-15-18;1-8(18)13-2-3-14(20-13)9-4-10-5-11(7-17)19-15(10)12(16)6-9;1-12-9(11)8(5-10)4-7-2-3-13-6-7;9-4-7(8(10)11)3-6-1-2-12-5-6;6-3-5-1-2-7-4-5;1-5-3-4(6)7-2;;;;;/h2-7,9,12,18H,8,11H2,1H3,(H,26,28);1-15H;2-4,6,11H,5,7,17H2,1H3;2-4,6H,1H3;1-3,5H,(H,10,11);1-4H;3H2,2H3;1H4;1H;;2*1H2/q;;;;;;;;;+1;;/p-1/b17-6+;;;8-4+;7-3+;;;;;;;. The molecule has 11 aromatic rings. The fourth-order valence-corrected chi connectivity index (χ4v) is 14.4. The number of furan rings is 4. The number of carboxylic acids is 1. The number of nitrogens with zero attached hydrogens (tertiary/aromatic N) is 4. The van der Waals surface area contributed by atoms with Crippen LogP contribution >= 0.6 is 66.2 Å². The Kier molecular flexibility index (Phi) is 44.4. The number of ketones is 2. The van der Waals surface area contributed by atoms with Gasteiger partial charge in [0.2, 0.25) is 0 Å². The van der Waals surface area contributed by atoms with Gasteiger partial charge in [0.15, 0.2) is 17.9 Å². The Bertz CT molecular complexity index is 5060. The number of esters is 2. The fourth-order valence-electron chi connectivity index (χ4n) is 9.73. The first kappa shape index (κ1) is 98.1. The number of carboxylic acid groups (broad SMARTS) is 1. The smallest absolute Gasteiger partial charge is 0.870 e. The zero-order valence-electron chi connectivity index (χ0n) is 61.0. The SMILES string of the molecule is C.CC(=O)c1ccc(-c2cc(Cl)c3c(c2)CC(CN)O3)s1.CC(=O)c1ccc(-c2cc(Cl)c3c(c2)CC(CNC(=O)/C(C#N)=C/c2ccoc2)O3)s1.COC(=O)/C(C#N)=C/c1ccoc1.Cl.N#C/C(=C\c1ccoc1)C(=O)O.O.O=Cc1ccoc1.[C-]#[N+]CC(=O)OC.[Li+].[OH-].c1ccc(P(c2ccccc2)c2ccccc2)cc1. The van der Waals surface area contributed by atoms with Crippen molar-refractivity contribution in [3.63, 3.8) is 0 Å². The van der Waals surface area contributed by atoms with Gasteiger partial charge in [-0.05, 0) is 140 Å². The number of hydrogen-bond acceptors (Lipinski definition) is 22. The predicted octanol–water partition coefficient (Wildman–Crippen LogP) is 12.7. The van der Waals surface area contributed by atoms with Crippen LogP contribution in [0.15, 0.2) is 248 Å². The van der Waals surface area contributed by atoms with Gasteiger partial charge in [-0.1, -0.05) is 122 Å². The van der Waals surface area contributed by atoms with E-state index in [0.29, 0.717) is 55.9 Å². The van der Waals surface area contributed by atoms with E-state index in [4.69, 9.17) is 73.9 Å². The number of rotatable bonds is 18. The Hall–Kier alpha value is -11.9. The molecule has 13 rings (SSSR count). The van der Waals surface area contributed by atoms with Crippen molar-refractivity contribution in [2.75, 3.05) is 33.9 Å². The van der Waals surface area contributed by atoms with E-state index in [-0.39, 0.29) is 103 Å². The second kappa shape index (κ2) is 51.6. The topological polar surface area (TPSA) is 404 Å². The zero-order valence-corrected chi connectivity index (χ0v) is 65.9. The summed E-state index contributed by atoms with van der Waals surface area (Å²) < 4.78 is 39.2. The molecule has 0 saturated heterocycles. The van der Waals surface area contributed by atoms with Crippen LogP contribution in [-0.2, 0) is 41.5 Å². The second-order valence-corrected chi connectivity index (χ2v) is 27.8. The van der Waals surface area contributed by atoms with Crippen LogP contribution in [-0.4, -0.2) is 104 Å². The summed E-state index contributed by atoms with van der Waals surface area (Å²) in [7, 11) is 2.04. The number of nitrogens with two attached hydrogens (primary N) is 1. The van der Waals surface area contributed by atoms with Gasteiger partial charge in [-0.2, -0.15) is 15.8 Å². The number of Topliss-reactive ketones (excluding diaryl/α,β-unsaturated/α-hetero) is 2. The summed E-state index contributed by atoms with van der Waals surface area (Å²) in [4.78, 5) is 82.6. The summed E-state index contributed by atoms with van der Waals surface area (Å²) in [6, 6.07) is 59.3. The van der Waals surface area contributed by atoms with Crippen molar-refractivity contribution >= 4 is 142 Å². The molecule has 7 N–H and O–H groups in total. The van der Waals surface area contributed by atoms with E-state index in [1.165, 1.54) is 121 Å². The maximum atomic E-state index is 12.4. The van der Waals surface area contributed by atoms with Crippen LogP contribution < -0.4 is 55.3 Å². The largest absolute Gasteiger partial charge is 1.00 e. The van der Waals surface area contributed by atoms with Crippen molar-refractivity contribution in [1.82, 2.24) is 5.32 Å². The quantitative estimate of drug-likeness (QED) is 0.0105. The molecule has 0 aliphatic carbocycles. The van der Waals surface area contributed by atoms with Crippen LogP contribution in [0.3, 0.4) is 0 Å². The number of aldehydes is 1. The third-order valence-electron chi connectivity index (χ3n) is 14.9. The van der Waals surface area contributed by atoms with Crippen molar-refractivity contribution in [3.8, 4) is 50.6 Å². The Morgan fingerprint density at radius 3 is 1.31 bits per heavy atom. The van der Waals surface area contributed by atoms with E-state index in [9.17, 15) is 38.8 Å². The molecule has 8 heterocycles. The minimum atomic E-state index is -1.24. The van der Waals surface area contributed by atoms with Crippen LogP contribution in [0.2, 0.25) is 10.0 Å². The van der Waals surface area contributed by atoms with Gasteiger partial charge in [-0.15, -0.1) is 35.1 Å². The minimum absolute atomic E-state index is 0. The monoisotopic (exact) mass is 1650 g/mol. The van der Waals surface area contributed by atoms with Crippen LogP contribution in [0, 0.1) is 40.6 Å². The van der Waals surface area contributed by atoms with Gasteiger partial charge in [0.1, 0.15) is 64.9 Å². The Balaban J connectivity index is 0.000000472. The number of carbonyl (C=O) groups is 7. The van der Waals surface area contributed by atoms with Crippen molar-refractivity contribution in [2.24, 2.45) is 5.73 Å². The molecule has 0 spiro atoms. The summed E-state index contributed by atoms with van der Waals surface area (Å²) in [5.41, 5.74) is 11.7. The number of benzene rings is 5. The van der Waals surface area contributed by atoms with Gasteiger partial charge in [0.05, 0.1) is 90.0 Å². The van der Waals surface area contributed by atoms with Crippen molar-refractivity contribution in [1.29, 1.82) is 15.8 Å². The number of ether oxygens (including phenoxy) is 4. The number of hydrogen-bond donors (Lipinski definition) is 3. The first-order chi connectivity index (χ1) is 52.7. The summed E-state index contributed by atoms with van der Waals surface area (Å²) in [5.74, 6) is -1.39.